The van der Waals surface area contributed by atoms with Gasteiger partial charge >= 0.3 is 14.4 Å². The summed E-state index contributed by atoms with van der Waals surface area (Å²) in [5.41, 5.74) is 0. The Bertz CT molecular complexity index is 185. The molecular weight excluding hydrogens is 213 g/mol. The van der Waals surface area contributed by atoms with Crippen LogP contribution in [-0.2, 0) is 0 Å². The molecule has 0 atom stereocenters. The lowest BCUT2D eigenvalue weighted by Gasteiger charge is -2.35. The Morgan fingerprint density at radius 1 is 1.12 bits per heavy atom. The SMILES string of the molecule is CCN(CC)CC[CH2][Al]1[CH2]N(C)CC[N]1C. The van der Waals surface area contributed by atoms with E-state index in [-0.39, 0.29) is 0 Å². The first-order valence-corrected chi connectivity index (χ1v) is 8.93. The van der Waals surface area contributed by atoms with Gasteiger partial charge in [-0.25, -0.2) is 0 Å². The van der Waals surface area contributed by atoms with E-state index in [2.05, 4.69) is 41.6 Å². The lowest BCUT2D eigenvalue weighted by molar-refractivity contribution is 0.290. The molecule has 0 aromatic heterocycles. The van der Waals surface area contributed by atoms with Crippen molar-refractivity contribution in [1.82, 2.24) is 13.7 Å². The molecule has 0 aliphatic carbocycles. The molecule has 1 aliphatic rings. The number of hydrogen-bond donors (Lipinski definition) is 0. The minimum atomic E-state index is -0.627. The van der Waals surface area contributed by atoms with Crippen LogP contribution in [0.1, 0.15) is 20.3 Å². The van der Waals surface area contributed by atoms with Crippen molar-refractivity contribution in [2.24, 2.45) is 0 Å². The summed E-state index contributed by atoms with van der Waals surface area (Å²) in [7, 11) is 4.61. The highest BCUT2D eigenvalue weighted by molar-refractivity contribution is 6.56. The molecule has 0 aromatic carbocycles. The lowest BCUT2D eigenvalue weighted by atomic mass is 10.4. The van der Waals surface area contributed by atoms with Crippen LogP contribution in [0.2, 0.25) is 5.28 Å². The van der Waals surface area contributed by atoms with Gasteiger partial charge in [0.15, 0.2) is 0 Å². The molecule has 0 amide bonds. The van der Waals surface area contributed by atoms with E-state index in [4.69, 9.17) is 0 Å². The van der Waals surface area contributed by atoms with Crippen molar-refractivity contribution < 1.29 is 0 Å². The Hall–Kier alpha value is 0.412. The van der Waals surface area contributed by atoms with E-state index >= 15 is 0 Å². The summed E-state index contributed by atoms with van der Waals surface area (Å²) in [5, 5.41) is 2.87. The van der Waals surface area contributed by atoms with Gasteiger partial charge < -0.3 is 13.7 Å². The van der Waals surface area contributed by atoms with E-state index in [9.17, 15) is 0 Å². The molecule has 0 saturated carbocycles. The van der Waals surface area contributed by atoms with E-state index in [0.717, 1.165) is 0 Å². The van der Waals surface area contributed by atoms with Crippen LogP contribution in [0.3, 0.4) is 0 Å². The molecule has 4 heteroatoms. The predicted octanol–water partition coefficient (Wildman–Crippen LogP) is 1.13. The second-order valence-electron chi connectivity index (χ2n) is 5.07. The second kappa shape index (κ2) is 7.68. The Balaban J connectivity index is 2.20. The fourth-order valence-electron chi connectivity index (χ4n) is 2.50. The van der Waals surface area contributed by atoms with Crippen molar-refractivity contribution in [1.29, 1.82) is 0 Å². The molecule has 3 nitrogen and oxygen atoms in total. The van der Waals surface area contributed by atoms with Crippen LogP contribution >= 0.6 is 0 Å². The predicted molar refractivity (Wildman–Crippen MR) is 73.1 cm³/mol. The minimum absolute atomic E-state index is 0.627. The van der Waals surface area contributed by atoms with Crippen molar-refractivity contribution >= 4 is 14.4 Å². The molecule has 94 valence electrons. The minimum Gasteiger partial charge on any atom is -0.385 e. The van der Waals surface area contributed by atoms with Gasteiger partial charge in [0.25, 0.3) is 0 Å². The first-order chi connectivity index (χ1) is 7.67. The van der Waals surface area contributed by atoms with Crippen LogP contribution < -0.4 is 0 Å². The topological polar surface area (TPSA) is 9.72 Å². The first-order valence-electron chi connectivity index (χ1n) is 6.78. The van der Waals surface area contributed by atoms with Crippen molar-refractivity contribution in [3.63, 3.8) is 0 Å². The summed E-state index contributed by atoms with van der Waals surface area (Å²) < 4.78 is 2.67. The molecule has 0 N–H and O–H groups in total. The molecule has 1 aliphatic heterocycles. The molecule has 1 saturated heterocycles. The molecule has 0 bridgehead atoms. The lowest BCUT2D eigenvalue weighted by Crippen LogP contribution is -2.53. The van der Waals surface area contributed by atoms with Gasteiger partial charge in [0, 0.05) is 6.54 Å². The van der Waals surface area contributed by atoms with E-state index in [1.165, 1.54) is 49.8 Å². The van der Waals surface area contributed by atoms with E-state index in [0.29, 0.717) is 0 Å². The van der Waals surface area contributed by atoms with Gasteiger partial charge in [-0.3, -0.25) is 0 Å². The van der Waals surface area contributed by atoms with E-state index in [1.807, 2.05) is 0 Å². The zero-order chi connectivity index (χ0) is 12.0. The third-order valence-electron chi connectivity index (χ3n) is 3.89. The summed E-state index contributed by atoms with van der Waals surface area (Å²) in [5.74, 6) is 0. The normalized spacial score (nSPS) is 19.7. The van der Waals surface area contributed by atoms with Gasteiger partial charge in [0.2, 0.25) is 0 Å². The average Bonchev–Trinajstić information content (AvgIpc) is 2.29. The molecule has 16 heavy (non-hydrogen) atoms. The van der Waals surface area contributed by atoms with E-state index < -0.39 is 14.4 Å². The third-order valence-corrected chi connectivity index (χ3v) is 7.51. The van der Waals surface area contributed by atoms with E-state index in [1.54, 1.807) is 0 Å². The average molecular weight is 241 g/mol. The summed E-state index contributed by atoms with van der Waals surface area (Å²) >= 11 is -0.627. The van der Waals surface area contributed by atoms with Crippen molar-refractivity contribution in [3.05, 3.63) is 0 Å². The zero-order valence-electron chi connectivity index (χ0n) is 11.6. The molecule has 1 heterocycles. The summed E-state index contributed by atoms with van der Waals surface area (Å²) in [6.45, 7) is 10.8. The highest BCUT2D eigenvalue weighted by Gasteiger charge is 2.28. The van der Waals surface area contributed by atoms with Crippen LogP contribution in [0.4, 0.5) is 0 Å². The largest absolute Gasteiger partial charge is 0.387 e. The number of hydrogen-bond acceptors (Lipinski definition) is 3. The van der Waals surface area contributed by atoms with Crippen LogP contribution in [-0.4, -0.2) is 80.3 Å². The summed E-state index contributed by atoms with van der Waals surface area (Å²) in [4.78, 5) is 5.06. The van der Waals surface area contributed by atoms with Crippen molar-refractivity contribution in [3.8, 4) is 0 Å². The Morgan fingerprint density at radius 3 is 2.44 bits per heavy atom. The Morgan fingerprint density at radius 2 is 1.81 bits per heavy atom. The van der Waals surface area contributed by atoms with Gasteiger partial charge in [-0.05, 0) is 45.7 Å². The number of nitrogens with zero attached hydrogens (tertiary/aromatic N) is 3. The fraction of sp³-hybridized carbons (Fsp3) is 1.00. The van der Waals surface area contributed by atoms with Gasteiger partial charge in [-0.1, -0.05) is 25.6 Å². The smallest absolute Gasteiger partial charge is 0.385 e. The summed E-state index contributed by atoms with van der Waals surface area (Å²) in [6, 6.07) is 0. The maximum Gasteiger partial charge on any atom is 0.387 e. The quantitative estimate of drug-likeness (QED) is 0.645. The molecule has 0 radical (unpaired) electrons. The standard InChI is InChI=1S/C7H16N.C5H12N2.Al/c1-4-7-8(5-2)6-3;1-6-4-5-7(2)3;/h1,4-7H2,2-3H3;2,4-5H2,1,3H3;/q;-1;+1. The van der Waals surface area contributed by atoms with Crippen LogP contribution in [0.5, 0.6) is 0 Å². The van der Waals surface area contributed by atoms with Crippen LogP contribution in [0.25, 0.3) is 0 Å². The molecule has 0 aromatic rings. The molecular formula is C12H28AlN3. The zero-order valence-corrected chi connectivity index (χ0v) is 12.7. The fourth-order valence-corrected chi connectivity index (χ4v) is 5.44. The molecule has 0 spiro atoms. The third kappa shape index (κ3) is 4.73. The number of likely N-dealkylation sites (N-methyl/N-ethyl adjacent to an activating group) is 2. The van der Waals surface area contributed by atoms with Gasteiger partial charge in [0.1, 0.15) is 0 Å². The van der Waals surface area contributed by atoms with Gasteiger partial charge in [-0.15, -0.1) is 0 Å². The summed E-state index contributed by atoms with van der Waals surface area (Å²) in [6.07, 6.45) is 1.40. The maximum absolute atomic E-state index is 2.67. The first kappa shape index (κ1) is 14.5. The highest BCUT2D eigenvalue weighted by atomic mass is 27.2. The van der Waals surface area contributed by atoms with Crippen LogP contribution in [0, 0.1) is 0 Å². The van der Waals surface area contributed by atoms with Crippen LogP contribution in [0.15, 0.2) is 0 Å². The number of rotatable bonds is 6. The Labute approximate surface area is 106 Å². The highest BCUT2D eigenvalue weighted by Crippen LogP contribution is 2.09. The molecule has 1 rings (SSSR count). The maximum atomic E-state index is 2.67. The van der Waals surface area contributed by atoms with Crippen molar-refractivity contribution in [2.45, 2.75) is 25.6 Å². The van der Waals surface area contributed by atoms with Gasteiger partial charge in [0.05, 0.1) is 0 Å². The second-order valence-corrected chi connectivity index (χ2v) is 8.20. The Kier molecular flexibility index (Phi) is 6.95. The molecule has 0 unspecified atom stereocenters. The molecule has 1 fully saturated rings. The van der Waals surface area contributed by atoms with Crippen molar-refractivity contribution in [2.75, 3.05) is 52.2 Å². The monoisotopic (exact) mass is 241 g/mol. The van der Waals surface area contributed by atoms with Gasteiger partial charge in [-0.2, -0.15) is 0 Å².